The van der Waals surface area contributed by atoms with E-state index in [2.05, 4.69) is 37.9 Å². The second-order valence-electron chi connectivity index (χ2n) is 5.12. The van der Waals surface area contributed by atoms with E-state index in [1.807, 2.05) is 0 Å². The zero-order valence-electron chi connectivity index (χ0n) is 10.3. The number of nitrogens with one attached hydrogen (secondary N) is 1. The number of hydrogen-bond acceptors (Lipinski definition) is 2. The lowest BCUT2D eigenvalue weighted by atomic mass is 9.95. The van der Waals surface area contributed by atoms with E-state index < -0.39 is 0 Å². The zero-order chi connectivity index (χ0) is 10.6. The third-order valence-electron chi connectivity index (χ3n) is 3.61. The van der Waals surface area contributed by atoms with Crippen LogP contribution in [0.2, 0.25) is 0 Å². The summed E-state index contributed by atoms with van der Waals surface area (Å²) in [6.45, 7) is 14.1. The summed E-state index contributed by atoms with van der Waals surface area (Å²) < 4.78 is 0. The lowest BCUT2D eigenvalue weighted by Crippen LogP contribution is -2.58. The summed E-state index contributed by atoms with van der Waals surface area (Å²) in [5, 5.41) is 3.47. The van der Waals surface area contributed by atoms with E-state index in [4.69, 9.17) is 0 Å². The predicted octanol–water partition coefficient (Wildman–Crippen LogP) is 2.11. The van der Waals surface area contributed by atoms with Crippen LogP contribution in [0.5, 0.6) is 0 Å². The van der Waals surface area contributed by atoms with Crippen LogP contribution in [0.1, 0.15) is 40.5 Å². The monoisotopic (exact) mass is 198 g/mol. The van der Waals surface area contributed by atoms with Crippen molar-refractivity contribution in [2.24, 2.45) is 5.92 Å². The highest BCUT2D eigenvalue weighted by Crippen LogP contribution is 2.20. The molecule has 2 nitrogen and oxygen atoms in total. The molecule has 1 aliphatic rings. The molecule has 1 saturated heterocycles. The molecular formula is C12H26N2. The smallest absolute Gasteiger partial charge is 0.0278 e. The molecule has 0 atom stereocenters. The summed E-state index contributed by atoms with van der Waals surface area (Å²) in [7, 11) is 0. The van der Waals surface area contributed by atoms with Crippen molar-refractivity contribution in [3.8, 4) is 0 Å². The molecule has 0 spiro atoms. The van der Waals surface area contributed by atoms with E-state index in [0.717, 1.165) is 19.0 Å². The number of rotatable bonds is 4. The molecule has 84 valence electrons. The van der Waals surface area contributed by atoms with Crippen LogP contribution in [0.4, 0.5) is 0 Å². The molecule has 0 aromatic carbocycles. The molecule has 14 heavy (non-hydrogen) atoms. The van der Waals surface area contributed by atoms with E-state index >= 15 is 0 Å². The average molecular weight is 198 g/mol. The second-order valence-corrected chi connectivity index (χ2v) is 5.12. The van der Waals surface area contributed by atoms with Crippen molar-refractivity contribution in [3.63, 3.8) is 0 Å². The second kappa shape index (κ2) is 5.13. The van der Waals surface area contributed by atoms with Gasteiger partial charge in [0.05, 0.1) is 0 Å². The van der Waals surface area contributed by atoms with Gasteiger partial charge in [-0.3, -0.25) is 4.90 Å². The van der Waals surface area contributed by atoms with Crippen molar-refractivity contribution in [3.05, 3.63) is 0 Å². The first kappa shape index (κ1) is 12.0. The van der Waals surface area contributed by atoms with Crippen LogP contribution >= 0.6 is 0 Å². The van der Waals surface area contributed by atoms with Gasteiger partial charge in [-0.05, 0) is 19.8 Å². The minimum Gasteiger partial charge on any atom is -0.314 e. The van der Waals surface area contributed by atoms with Gasteiger partial charge in [0.2, 0.25) is 0 Å². The maximum atomic E-state index is 3.47. The molecule has 1 fully saturated rings. The SMILES string of the molecule is CCC(CC)CN1CCNCC1(C)C. The molecular weight excluding hydrogens is 172 g/mol. The van der Waals surface area contributed by atoms with Crippen molar-refractivity contribution in [2.75, 3.05) is 26.2 Å². The molecule has 0 unspecified atom stereocenters. The van der Waals surface area contributed by atoms with Crippen molar-refractivity contribution < 1.29 is 0 Å². The average Bonchev–Trinajstić information content (AvgIpc) is 2.16. The Bertz CT molecular complexity index is 162. The fourth-order valence-corrected chi connectivity index (χ4v) is 2.22. The fraction of sp³-hybridized carbons (Fsp3) is 1.00. The largest absolute Gasteiger partial charge is 0.314 e. The quantitative estimate of drug-likeness (QED) is 0.744. The Morgan fingerprint density at radius 2 is 1.93 bits per heavy atom. The van der Waals surface area contributed by atoms with Crippen LogP contribution in [-0.4, -0.2) is 36.6 Å². The molecule has 0 aliphatic carbocycles. The van der Waals surface area contributed by atoms with Gasteiger partial charge in [0.1, 0.15) is 0 Å². The van der Waals surface area contributed by atoms with Crippen molar-refractivity contribution >= 4 is 0 Å². The van der Waals surface area contributed by atoms with Crippen LogP contribution in [0.25, 0.3) is 0 Å². The summed E-state index contributed by atoms with van der Waals surface area (Å²) in [6.07, 6.45) is 2.63. The van der Waals surface area contributed by atoms with E-state index in [0.29, 0.717) is 5.54 Å². The Morgan fingerprint density at radius 3 is 2.43 bits per heavy atom. The minimum absolute atomic E-state index is 0.348. The molecule has 0 bridgehead atoms. The third kappa shape index (κ3) is 2.96. The van der Waals surface area contributed by atoms with Gasteiger partial charge in [0, 0.05) is 31.7 Å². The molecule has 0 aromatic heterocycles. The molecule has 0 saturated carbocycles. The van der Waals surface area contributed by atoms with Crippen LogP contribution < -0.4 is 5.32 Å². The highest BCUT2D eigenvalue weighted by molar-refractivity contribution is 4.88. The Hall–Kier alpha value is -0.0800. The third-order valence-corrected chi connectivity index (χ3v) is 3.61. The summed E-state index contributed by atoms with van der Waals surface area (Å²) in [4.78, 5) is 2.65. The topological polar surface area (TPSA) is 15.3 Å². The number of piperazine rings is 1. The van der Waals surface area contributed by atoms with Crippen molar-refractivity contribution in [2.45, 2.75) is 46.1 Å². The molecule has 0 amide bonds. The Morgan fingerprint density at radius 1 is 1.29 bits per heavy atom. The first-order chi connectivity index (χ1) is 6.60. The Kier molecular flexibility index (Phi) is 4.39. The van der Waals surface area contributed by atoms with E-state index in [1.165, 1.54) is 25.9 Å². The van der Waals surface area contributed by atoms with Crippen LogP contribution in [0.3, 0.4) is 0 Å². The van der Waals surface area contributed by atoms with Crippen molar-refractivity contribution in [1.29, 1.82) is 0 Å². The maximum Gasteiger partial charge on any atom is 0.0278 e. The number of nitrogens with zero attached hydrogens (tertiary/aromatic N) is 1. The highest BCUT2D eigenvalue weighted by atomic mass is 15.2. The molecule has 1 heterocycles. The van der Waals surface area contributed by atoms with Gasteiger partial charge in [-0.2, -0.15) is 0 Å². The first-order valence-corrected chi connectivity index (χ1v) is 6.06. The minimum atomic E-state index is 0.348. The standard InChI is InChI=1S/C12H26N2/c1-5-11(6-2)9-14-8-7-13-10-12(14,3)4/h11,13H,5-10H2,1-4H3. The van der Waals surface area contributed by atoms with Crippen LogP contribution in [-0.2, 0) is 0 Å². The lowest BCUT2D eigenvalue weighted by Gasteiger charge is -2.44. The first-order valence-electron chi connectivity index (χ1n) is 6.06. The summed E-state index contributed by atoms with van der Waals surface area (Å²) >= 11 is 0. The van der Waals surface area contributed by atoms with Gasteiger partial charge >= 0.3 is 0 Å². The summed E-state index contributed by atoms with van der Waals surface area (Å²) in [5.41, 5.74) is 0.348. The van der Waals surface area contributed by atoms with Gasteiger partial charge in [-0.15, -0.1) is 0 Å². The van der Waals surface area contributed by atoms with Gasteiger partial charge in [0.25, 0.3) is 0 Å². The molecule has 1 rings (SSSR count). The Labute approximate surface area is 89.1 Å². The van der Waals surface area contributed by atoms with Gasteiger partial charge in [0.15, 0.2) is 0 Å². The predicted molar refractivity (Wildman–Crippen MR) is 62.6 cm³/mol. The fourth-order valence-electron chi connectivity index (χ4n) is 2.22. The zero-order valence-corrected chi connectivity index (χ0v) is 10.3. The van der Waals surface area contributed by atoms with E-state index in [-0.39, 0.29) is 0 Å². The van der Waals surface area contributed by atoms with Crippen molar-refractivity contribution in [1.82, 2.24) is 10.2 Å². The maximum absolute atomic E-state index is 3.47. The van der Waals surface area contributed by atoms with Gasteiger partial charge < -0.3 is 5.32 Å². The van der Waals surface area contributed by atoms with Crippen LogP contribution in [0, 0.1) is 5.92 Å². The normalized spacial score (nSPS) is 22.9. The van der Waals surface area contributed by atoms with Gasteiger partial charge in [-0.1, -0.05) is 26.7 Å². The molecule has 0 radical (unpaired) electrons. The van der Waals surface area contributed by atoms with E-state index in [9.17, 15) is 0 Å². The summed E-state index contributed by atoms with van der Waals surface area (Å²) in [5.74, 6) is 0.882. The molecule has 0 aromatic rings. The van der Waals surface area contributed by atoms with E-state index in [1.54, 1.807) is 0 Å². The highest BCUT2D eigenvalue weighted by Gasteiger charge is 2.30. The molecule has 2 heteroatoms. The summed E-state index contributed by atoms with van der Waals surface area (Å²) in [6, 6.07) is 0. The Balaban J connectivity index is 2.48. The molecule has 1 N–H and O–H groups in total. The van der Waals surface area contributed by atoms with Gasteiger partial charge in [-0.25, -0.2) is 0 Å². The molecule has 1 aliphatic heterocycles. The number of hydrogen-bond donors (Lipinski definition) is 1. The lowest BCUT2D eigenvalue weighted by molar-refractivity contribution is 0.0710. The van der Waals surface area contributed by atoms with Crippen LogP contribution in [0.15, 0.2) is 0 Å².